The van der Waals surface area contributed by atoms with Crippen molar-refractivity contribution >= 4 is 28.3 Å². The molecule has 2 heterocycles. The van der Waals surface area contributed by atoms with Crippen LogP contribution in [0.25, 0.3) is 21.6 Å². The fourth-order valence-corrected chi connectivity index (χ4v) is 4.56. The molecule has 5 nitrogen and oxygen atoms in total. The summed E-state index contributed by atoms with van der Waals surface area (Å²) in [6.07, 6.45) is 1.91. The van der Waals surface area contributed by atoms with Crippen LogP contribution in [0.1, 0.15) is 28.4 Å². The number of imidazole rings is 1. The third-order valence-electron chi connectivity index (χ3n) is 5.41. The Morgan fingerprint density at radius 3 is 2.66 bits per heavy atom. The summed E-state index contributed by atoms with van der Waals surface area (Å²) in [4.78, 5) is 25.1. The van der Waals surface area contributed by atoms with Gasteiger partial charge in [0.05, 0.1) is 35.5 Å². The van der Waals surface area contributed by atoms with Crippen LogP contribution >= 0.6 is 11.3 Å². The number of hydrogen-bond acceptors (Lipinski definition) is 4. The van der Waals surface area contributed by atoms with Crippen molar-refractivity contribution in [3.63, 3.8) is 0 Å². The smallest absolute Gasteiger partial charge is 0.226 e. The van der Waals surface area contributed by atoms with Crippen molar-refractivity contribution in [2.24, 2.45) is 0 Å². The first kappa shape index (κ1) is 20.2. The molecule has 2 aromatic heterocycles. The zero-order chi connectivity index (χ0) is 21.9. The molecule has 0 fully saturated rings. The van der Waals surface area contributed by atoms with Gasteiger partial charge in [0.25, 0.3) is 0 Å². The van der Waals surface area contributed by atoms with E-state index in [0.29, 0.717) is 0 Å². The Kier molecular flexibility index (Phi) is 5.52. The number of aromatic nitrogens is 3. The molecule has 32 heavy (non-hydrogen) atoms. The van der Waals surface area contributed by atoms with Crippen LogP contribution in [0.4, 0.5) is 0 Å². The number of nitrogens with zero attached hydrogens (tertiary/aromatic N) is 2. The van der Waals surface area contributed by atoms with E-state index in [0.717, 1.165) is 38.4 Å². The lowest BCUT2D eigenvalue weighted by Crippen LogP contribution is -2.30. The van der Waals surface area contributed by atoms with Crippen LogP contribution in [-0.4, -0.2) is 20.9 Å². The summed E-state index contributed by atoms with van der Waals surface area (Å²) in [6, 6.07) is 24.0. The minimum atomic E-state index is -0.258. The Morgan fingerprint density at radius 1 is 1.03 bits per heavy atom. The highest BCUT2D eigenvalue weighted by atomic mass is 32.1. The van der Waals surface area contributed by atoms with E-state index in [1.54, 1.807) is 17.7 Å². The molecule has 3 aromatic carbocycles. The molecule has 0 unspecified atom stereocenters. The predicted molar refractivity (Wildman–Crippen MR) is 129 cm³/mol. The summed E-state index contributed by atoms with van der Waals surface area (Å²) in [5.74, 6) is -0.0654. The number of rotatable bonds is 6. The number of benzene rings is 3. The standard InChI is InChI=1S/C26H22N4OS/c1-17-7-9-19(10-8-17)26-29-21(15-32-26)14-24(31)30-25(18-5-3-2-4-6-18)20-11-12-22-23(13-20)28-16-27-22/h2-13,15-16,25H,14H2,1H3,(H,27,28)(H,30,31)/t25-/m0/s1. The number of carbonyl (C=O) groups is 1. The van der Waals surface area contributed by atoms with Gasteiger partial charge in [0.1, 0.15) is 5.01 Å². The molecule has 1 amide bonds. The number of thiazole rings is 1. The molecule has 6 heteroatoms. The zero-order valence-electron chi connectivity index (χ0n) is 17.6. The molecular formula is C26H22N4OS. The summed E-state index contributed by atoms with van der Waals surface area (Å²) in [7, 11) is 0. The van der Waals surface area contributed by atoms with Crippen molar-refractivity contribution in [2.45, 2.75) is 19.4 Å². The first-order valence-corrected chi connectivity index (χ1v) is 11.3. The molecule has 0 aliphatic rings. The van der Waals surface area contributed by atoms with Crippen molar-refractivity contribution in [3.05, 3.63) is 107 Å². The van der Waals surface area contributed by atoms with Crippen LogP contribution in [0.15, 0.2) is 84.5 Å². The quantitative estimate of drug-likeness (QED) is 0.371. The molecule has 1 atom stereocenters. The molecule has 0 aliphatic heterocycles. The lowest BCUT2D eigenvalue weighted by Gasteiger charge is -2.20. The molecular weight excluding hydrogens is 416 g/mol. The van der Waals surface area contributed by atoms with E-state index in [-0.39, 0.29) is 18.4 Å². The third kappa shape index (κ3) is 4.31. The average Bonchev–Trinajstić information content (AvgIpc) is 3.47. The summed E-state index contributed by atoms with van der Waals surface area (Å²) in [6.45, 7) is 2.06. The van der Waals surface area contributed by atoms with Crippen molar-refractivity contribution in [2.75, 3.05) is 0 Å². The van der Waals surface area contributed by atoms with E-state index in [1.807, 2.05) is 53.9 Å². The fourth-order valence-electron chi connectivity index (χ4n) is 3.73. The van der Waals surface area contributed by atoms with E-state index >= 15 is 0 Å². The van der Waals surface area contributed by atoms with Gasteiger partial charge in [0.2, 0.25) is 5.91 Å². The number of amides is 1. The number of hydrogen-bond donors (Lipinski definition) is 2. The second-order valence-electron chi connectivity index (χ2n) is 7.78. The number of nitrogens with one attached hydrogen (secondary N) is 2. The predicted octanol–water partition coefficient (Wildman–Crippen LogP) is 5.44. The van der Waals surface area contributed by atoms with E-state index in [9.17, 15) is 4.79 Å². The number of H-pyrrole nitrogens is 1. The largest absolute Gasteiger partial charge is 0.345 e. The second-order valence-corrected chi connectivity index (χ2v) is 8.64. The number of aryl methyl sites for hydroxylation is 1. The van der Waals surface area contributed by atoms with Crippen LogP contribution in [0, 0.1) is 6.92 Å². The maximum atomic E-state index is 13.0. The van der Waals surface area contributed by atoms with Crippen molar-refractivity contribution < 1.29 is 4.79 Å². The van der Waals surface area contributed by atoms with Gasteiger partial charge in [0.15, 0.2) is 0 Å². The summed E-state index contributed by atoms with van der Waals surface area (Å²) >= 11 is 1.56. The van der Waals surface area contributed by atoms with Crippen molar-refractivity contribution in [1.29, 1.82) is 0 Å². The van der Waals surface area contributed by atoms with Gasteiger partial charge in [-0.2, -0.15) is 0 Å². The van der Waals surface area contributed by atoms with Gasteiger partial charge in [-0.25, -0.2) is 9.97 Å². The molecule has 0 saturated heterocycles. The average molecular weight is 439 g/mol. The Labute approximate surface area is 190 Å². The highest BCUT2D eigenvalue weighted by Gasteiger charge is 2.19. The lowest BCUT2D eigenvalue weighted by molar-refractivity contribution is -0.121. The first-order valence-electron chi connectivity index (χ1n) is 10.4. The van der Waals surface area contributed by atoms with E-state index < -0.39 is 0 Å². The molecule has 158 valence electrons. The number of carbonyl (C=O) groups excluding carboxylic acids is 1. The van der Waals surface area contributed by atoms with Crippen LogP contribution in [0.5, 0.6) is 0 Å². The topological polar surface area (TPSA) is 70.7 Å². The van der Waals surface area contributed by atoms with Crippen molar-refractivity contribution in [1.82, 2.24) is 20.3 Å². The second kappa shape index (κ2) is 8.77. The van der Waals surface area contributed by atoms with Crippen LogP contribution in [0.2, 0.25) is 0 Å². The Morgan fingerprint density at radius 2 is 1.84 bits per heavy atom. The molecule has 0 radical (unpaired) electrons. The monoisotopic (exact) mass is 438 g/mol. The van der Waals surface area contributed by atoms with E-state index in [1.165, 1.54) is 5.56 Å². The Balaban J connectivity index is 1.37. The third-order valence-corrected chi connectivity index (χ3v) is 6.35. The fraction of sp³-hybridized carbons (Fsp3) is 0.115. The van der Waals surface area contributed by atoms with Crippen LogP contribution in [-0.2, 0) is 11.2 Å². The number of aromatic amines is 1. The van der Waals surface area contributed by atoms with Gasteiger partial charge in [-0.1, -0.05) is 66.2 Å². The first-order chi connectivity index (χ1) is 15.7. The summed E-state index contributed by atoms with van der Waals surface area (Å²) in [5.41, 5.74) is 6.93. The van der Waals surface area contributed by atoms with E-state index in [4.69, 9.17) is 0 Å². The Bertz CT molecular complexity index is 1360. The molecule has 5 aromatic rings. The minimum absolute atomic E-state index is 0.0654. The molecule has 0 bridgehead atoms. The molecule has 0 spiro atoms. The summed E-state index contributed by atoms with van der Waals surface area (Å²) < 4.78 is 0. The highest BCUT2D eigenvalue weighted by Crippen LogP contribution is 2.26. The molecule has 5 rings (SSSR count). The highest BCUT2D eigenvalue weighted by molar-refractivity contribution is 7.13. The van der Waals surface area contributed by atoms with Gasteiger partial charge >= 0.3 is 0 Å². The number of fused-ring (bicyclic) bond motifs is 1. The minimum Gasteiger partial charge on any atom is -0.345 e. The normalized spacial score (nSPS) is 12.0. The van der Waals surface area contributed by atoms with Gasteiger partial charge in [-0.05, 0) is 30.2 Å². The SMILES string of the molecule is Cc1ccc(-c2nc(CC(=O)N[C@@H](c3ccccc3)c3ccc4nc[nH]c4c3)cs2)cc1. The zero-order valence-corrected chi connectivity index (χ0v) is 18.4. The van der Waals surface area contributed by atoms with Gasteiger partial charge in [0, 0.05) is 10.9 Å². The summed E-state index contributed by atoms with van der Waals surface area (Å²) in [5, 5.41) is 6.09. The lowest BCUT2D eigenvalue weighted by atomic mass is 9.98. The maximum Gasteiger partial charge on any atom is 0.226 e. The van der Waals surface area contributed by atoms with Gasteiger partial charge in [-0.15, -0.1) is 11.3 Å². The molecule has 2 N–H and O–H groups in total. The van der Waals surface area contributed by atoms with Gasteiger partial charge in [-0.3, -0.25) is 4.79 Å². The van der Waals surface area contributed by atoms with Crippen LogP contribution < -0.4 is 5.32 Å². The Hall–Kier alpha value is -3.77. The van der Waals surface area contributed by atoms with Crippen LogP contribution in [0.3, 0.4) is 0 Å². The maximum absolute atomic E-state index is 13.0. The van der Waals surface area contributed by atoms with E-state index in [2.05, 4.69) is 51.5 Å². The molecule has 0 saturated carbocycles. The van der Waals surface area contributed by atoms with Gasteiger partial charge < -0.3 is 10.3 Å². The molecule has 0 aliphatic carbocycles. The van der Waals surface area contributed by atoms with Crippen molar-refractivity contribution in [3.8, 4) is 10.6 Å².